The van der Waals surface area contributed by atoms with Gasteiger partial charge in [-0.25, -0.2) is 0 Å². The van der Waals surface area contributed by atoms with E-state index in [2.05, 4.69) is 0 Å². The summed E-state index contributed by atoms with van der Waals surface area (Å²) < 4.78 is 5.04. The number of carbonyl (C=O) groups is 3. The normalized spacial score (nSPS) is 20.3. The van der Waals surface area contributed by atoms with Crippen LogP contribution >= 0.6 is 0 Å². The van der Waals surface area contributed by atoms with E-state index in [9.17, 15) is 14.4 Å². The van der Waals surface area contributed by atoms with Crippen LogP contribution in [0.25, 0.3) is 0 Å². The third-order valence-electron chi connectivity index (χ3n) is 4.02. The lowest BCUT2D eigenvalue weighted by Gasteiger charge is -2.26. The Labute approximate surface area is 139 Å². The predicted octanol–water partition coefficient (Wildman–Crippen LogP) is 2.52. The van der Waals surface area contributed by atoms with Gasteiger partial charge >= 0.3 is 5.97 Å². The Morgan fingerprint density at radius 3 is 2.17 bits per heavy atom. The van der Waals surface area contributed by atoms with Crippen LogP contribution in [-0.2, 0) is 19.1 Å². The number of benzene rings is 2. The molecule has 2 atom stereocenters. The number of ketones is 1. The first-order valence-corrected chi connectivity index (χ1v) is 7.79. The maximum absolute atomic E-state index is 12.6. The van der Waals surface area contributed by atoms with Gasteiger partial charge in [-0.05, 0) is 24.6 Å². The van der Waals surface area contributed by atoms with Gasteiger partial charge in [0.2, 0.25) is 5.78 Å². The summed E-state index contributed by atoms with van der Waals surface area (Å²) in [6, 6.07) is 17.3. The van der Waals surface area contributed by atoms with Crippen LogP contribution < -0.4 is 4.90 Å². The maximum Gasteiger partial charge on any atom is 0.319 e. The van der Waals surface area contributed by atoms with Crippen molar-refractivity contribution in [1.29, 1.82) is 0 Å². The van der Waals surface area contributed by atoms with Gasteiger partial charge in [-0.15, -0.1) is 0 Å². The standard InChI is InChI=1S/C19H17NO4/c1-2-24-19(23)15-16(13-9-5-3-6-10-13)20(18(22)17(15)21)14-11-7-4-8-12-14/h3-12,15-16H,2H2,1H3/t15-,16+/m1/s1. The average molecular weight is 323 g/mol. The van der Waals surface area contributed by atoms with Crippen molar-refractivity contribution in [2.24, 2.45) is 5.92 Å². The minimum atomic E-state index is -1.15. The molecule has 0 N–H and O–H groups in total. The van der Waals surface area contributed by atoms with E-state index in [-0.39, 0.29) is 6.61 Å². The van der Waals surface area contributed by atoms with E-state index < -0.39 is 29.6 Å². The summed E-state index contributed by atoms with van der Waals surface area (Å²) in [4.78, 5) is 38.8. The van der Waals surface area contributed by atoms with E-state index in [0.29, 0.717) is 5.69 Å². The van der Waals surface area contributed by atoms with Gasteiger partial charge in [-0.3, -0.25) is 19.3 Å². The summed E-state index contributed by atoms with van der Waals surface area (Å²) in [5.41, 5.74) is 1.30. The molecule has 0 saturated carbocycles. The monoisotopic (exact) mass is 323 g/mol. The molecular weight excluding hydrogens is 306 g/mol. The Morgan fingerprint density at radius 2 is 1.58 bits per heavy atom. The summed E-state index contributed by atoms with van der Waals surface area (Å²) in [7, 11) is 0. The Morgan fingerprint density at radius 1 is 1.00 bits per heavy atom. The Bertz CT molecular complexity index is 757. The summed E-state index contributed by atoms with van der Waals surface area (Å²) in [5, 5.41) is 0. The van der Waals surface area contributed by atoms with E-state index in [4.69, 9.17) is 4.74 Å². The number of anilines is 1. The number of Topliss-reactive ketones (excluding diaryl/α,β-unsaturated/α-hetero) is 1. The first-order chi connectivity index (χ1) is 11.6. The first kappa shape index (κ1) is 15.9. The molecule has 0 bridgehead atoms. The molecule has 1 aliphatic rings. The van der Waals surface area contributed by atoms with Gasteiger partial charge in [0.1, 0.15) is 5.92 Å². The fourth-order valence-corrected chi connectivity index (χ4v) is 3.00. The van der Waals surface area contributed by atoms with Crippen molar-refractivity contribution in [1.82, 2.24) is 0 Å². The van der Waals surface area contributed by atoms with Crippen LogP contribution in [-0.4, -0.2) is 24.3 Å². The summed E-state index contributed by atoms with van der Waals surface area (Å²) in [6.45, 7) is 1.83. The molecule has 0 radical (unpaired) electrons. The van der Waals surface area contributed by atoms with Gasteiger partial charge in [0, 0.05) is 5.69 Å². The quantitative estimate of drug-likeness (QED) is 0.493. The average Bonchev–Trinajstić information content (AvgIpc) is 2.88. The van der Waals surface area contributed by atoms with Crippen LogP contribution in [0.4, 0.5) is 5.69 Å². The SMILES string of the molecule is CCOC(=O)[C@H]1C(=O)C(=O)N(c2ccccc2)[C@H]1c1ccccc1. The van der Waals surface area contributed by atoms with Crippen LogP contribution in [0.1, 0.15) is 18.5 Å². The minimum absolute atomic E-state index is 0.156. The fourth-order valence-electron chi connectivity index (χ4n) is 3.00. The highest BCUT2D eigenvalue weighted by atomic mass is 16.5. The smallest absolute Gasteiger partial charge is 0.319 e. The van der Waals surface area contributed by atoms with Crippen molar-refractivity contribution in [2.75, 3.05) is 11.5 Å². The van der Waals surface area contributed by atoms with Crippen molar-refractivity contribution in [3.05, 3.63) is 66.2 Å². The van der Waals surface area contributed by atoms with E-state index in [1.807, 2.05) is 24.3 Å². The molecule has 122 valence electrons. The van der Waals surface area contributed by atoms with E-state index in [1.165, 1.54) is 4.90 Å². The fraction of sp³-hybridized carbons (Fsp3) is 0.211. The lowest BCUT2D eigenvalue weighted by atomic mass is 9.93. The molecule has 5 nitrogen and oxygen atoms in total. The van der Waals surface area contributed by atoms with E-state index in [1.54, 1.807) is 43.3 Å². The van der Waals surface area contributed by atoms with Crippen LogP contribution in [0.3, 0.4) is 0 Å². The van der Waals surface area contributed by atoms with Crippen molar-refractivity contribution in [3.8, 4) is 0 Å². The third kappa shape index (κ3) is 2.69. The van der Waals surface area contributed by atoms with Crippen molar-refractivity contribution < 1.29 is 19.1 Å². The number of rotatable bonds is 4. The predicted molar refractivity (Wildman–Crippen MR) is 88.2 cm³/mol. The largest absolute Gasteiger partial charge is 0.465 e. The van der Waals surface area contributed by atoms with Gasteiger partial charge in [0.25, 0.3) is 5.91 Å². The van der Waals surface area contributed by atoms with Gasteiger partial charge in [-0.1, -0.05) is 48.5 Å². The molecule has 1 aliphatic heterocycles. The van der Waals surface area contributed by atoms with E-state index >= 15 is 0 Å². The highest BCUT2D eigenvalue weighted by Gasteiger charge is 2.53. The minimum Gasteiger partial charge on any atom is -0.465 e. The molecule has 2 aromatic rings. The number of para-hydroxylation sites is 1. The lowest BCUT2D eigenvalue weighted by Crippen LogP contribution is -2.31. The van der Waals surface area contributed by atoms with Crippen molar-refractivity contribution in [3.63, 3.8) is 0 Å². The van der Waals surface area contributed by atoms with Gasteiger partial charge in [0.15, 0.2) is 0 Å². The Hall–Kier alpha value is -2.95. The Kier molecular flexibility index (Phi) is 4.42. The number of hydrogen-bond acceptors (Lipinski definition) is 4. The molecule has 0 aromatic heterocycles. The number of hydrogen-bond donors (Lipinski definition) is 0. The van der Waals surface area contributed by atoms with Crippen molar-refractivity contribution in [2.45, 2.75) is 13.0 Å². The molecule has 0 aliphatic carbocycles. The topological polar surface area (TPSA) is 63.7 Å². The van der Waals surface area contributed by atoms with Crippen LogP contribution in [0, 0.1) is 5.92 Å². The molecule has 1 amide bonds. The van der Waals surface area contributed by atoms with Crippen LogP contribution in [0.15, 0.2) is 60.7 Å². The van der Waals surface area contributed by atoms with Crippen molar-refractivity contribution >= 4 is 23.3 Å². The zero-order valence-corrected chi connectivity index (χ0v) is 13.2. The molecule has 1 heterocycles. The molecule has 1 saturated heterocycles. The van der Waals surface area contributed by atoms with Crippen LogP contribution in [0.2, 0.25) is 0 Å². The molecule has 2 aromatic carbocycles. The second kappa shape index (κ2) is 6.66. The van der Waals surface area contributed by atoms with E-state index in [0.717, 1.165) is 5.56 Å². The van der Waals surface area contributed by atoms with Gasteiger partial charge in [-0.2, -0.15) is 0 Å². The van der Waals surface area contributed by atoms with Gasteiger partial charge in [0.05, 0.1) is 12.6 Å². The molecule has 0 unspecified atom stereocenters. The number of nitrogens with zero attached hydrogens (tertiary/aromatic N) is 1. The number of carbonyl (C=O) groups excluding carboxylic acids is 3. The van der Waals surface area contributed by atoms with Crippen LogP contribution in [0.5, 0.6) is 0 Å². The highest BCUT2D eigenvalue weighted by Crippen LogP contribution is 2.40. The van der Waals surface area contributed by atoms with Gasteiger partial charge < -0.3 is 4.74 Å². The molecule has 0 spiro atoms. The second-order valence-electron chi connectivity index (χ2n) is 5.46. The molecule has 5 heteroatoms. The summed E-state index contributed by atoms with van der Waals surface area (Å²) in [5.74, 6) is -3.23. The number of esters is 1. The molecular formula is C19H17NO4. The lowest BCUT2D eigenvalue weighted by molar-refractivity contribution is -0.152. The third-order valence-corrected chi connectivity index (χ3v) is 4.02. The Balaban J connectivity index is 2.11. The number of amides is 1. The summed E-state index contributed by atoms with van der Waals surface area (Å²) in [6.07, 6.45) is 0. The highest BCUT2D eigenvalue weighted by molar-refractivity contribution is 6.47. The molecule has 24 heavy (non-hydrogen) atoms. The zero-order chi connectivity index (χ0) is 17.1. The zero-order valence-electron chi connectivity index (χ0n) is 13.2. The number of ether oxygens (including phenoxy) is 1. The first-order valence-electron chi connectivity index (χ1n) is 7.79. The molecule has 1 fully saturated rings. The summed E-state index contributed by atoms with van der Waals surface area (Å²) >= 11 is 0. The second-order valence-corrected chi connectivity index (χ2v) is 5.46. The maximum atomic E-state index is 12.6. The molecule has 3 rings (SSSR count).